The van der Waals surface area contributed by atoms with Crippen LogP contribution in [0.3, 0.4) is 0 Å². The maximum Gasteiger partial charge on any atom is 0.119 e. The van der Waals surface area contributed by atoms with Gasteiger partial charge in [-0.2, -0.15) is 5.26 Å². The van der Waals surface area contributed by atoms with Crippen LogP contribution in [0.15, 0.2) is 42.5 Å². The van der Waals surface area contributed by atoms with Crippen molar-refractivity contribution < 1.29 is 4.74 Å². The lowest BCUT2D eigenvalue weighted by Gasteiger charge is -2.55. The number of ether oxygens (including phenoxy) is 1. The number of fused-ring (bicyclic) bond motifs is 4. The lowest BCUT2D eigenvalue weighted by Crippen LogP contribution is -2.56. The van der Waals surface area contributed by atoms with E-state index in [1.165, 1.54) is 16.7 Å². The molecule has 0 aromatic heterocycles. The molecule has 3 heteroatoms. The van der Waals surface area contributed by atoms with E-state index in [1.807, 2.05) is 12.1 Å². The summed E-state index contributed by atoms with van der Waals surface area (Å²) in [5.74, 6) is 1.32. The number of nitrogens with zero attached hydrogens (tertiary/aromatic N) is 2. The number of methoxy groups -OCH3 is 1. The van der Waals surface area contributed by atoms with Gasteiger partial charge in [-0.15, -0.1) is 0 Å². The lowest BCUT2D eigenvalue weighted by atomic mass is 9.56. The van der Waals surface area contributed by atoms with Crippen LogP contribution in [-0.4, -0.2) is 31.6 Å². The van der Waals surface area contributed by atoms with Crippen molar-refractivity contribution in [3.05, 3.63) is 64.7 Å². The number of likely N-dealkylation sites (N-methyl/N-ethyl adjacent to an activating group) is 1. The minimum atomic E-state index is 0.0629. The van der Waals surface area contributed by atoms with Gasteiger partial charge < -0.3 is 9.64 Å². The molecule has 1 aliphatic carbocycles. The first-order chi connectivity index (χ1) is 12.1. The van der Waals surface area contributed by atoms with E-state index in [9.17, 15) is 5.26 Å². The molecule has 3 nitrogen and oxygen atoms in total. The van der Waals surface area contributed by atoms with Gasteiger partial charge in [0.15, 0.2) is 0 Å². The Morgan fingerprint density at radius 3 is 2.84 bits per heavy atom. The van der Waals surface area contributed by atoms with Gasteiger partial charge in [0, 0.05) is 17.4 Å². The predicted molar refractivity (Wildman–Crippen MR) is 99.0 cm³/mol. The Balaban J connectivity index is 1.90. The van der Waals surface area contributed by atoms with Crippen molar-refractivity contribution in [2.75, 3.05) is 20.7 Å². The summed E-state index contributed by atoms with van der Waals surface area (Å²) in [5.41, 5.74) is 4.95. The molecule has 0 amide bonds. The van der Waals surface area contributed by atoms with Gasteiger partial charge in [-0.25, -0.2) is 0 Å². The minimum absolute atomic E-state index is 0.0629. The van der Waals surface area contributed by atoms with Crippen molar-refractivity contribution in [1.29, 1.82) is 5.26 Å². The van der Waals surface area contributed by atoms with Crippen molar-refractivity contribution in [2.24, 2.45) is 0 Å². The zero-order valence-electron chi connectivity index (χ0n) is 15.1. The van der Waals surface area contributed by atoms with E-state index in [4.69, 9.17) is 4.74 Å². The number of rotatable bonds is 2. The highest BCUT2D eigenvalue weighted by molar-refractivity contribution is 5.49. The monoisotopic (exact) mass is 332 g/mol. The highest BCUT2D eigenvalue weighted by Crippen LogP contribution is 2.53. The van der Waals surface area contributed by atoms with Crippen molar-refractivity contribution in [3.8, 4) is 11.8 Å². The maximum absolute atomic E-state index is 9.33. The molecular formula is C22H24N2O. The molecule has 0 saturated carbocycles. The molecule has 0 radical (unpaired) electrons. The third-order valence-electron chi connectivity index (χ3n) is 6.36. The van der Waals surface area contributed by atoms with E-state index >= 15 is 0 Å². The summed E-state index contributed by atoms with van der Waals surface area (Å²) in [7, 11) is 3.97. The number of nitriles is 1. The molecular weight excluding hydrogens is 308 g/mol. The zero-order valence-corrected chi connectivity index (χ0v) is 15.1. The summed E-state index contributed by atoms with van der Waals surface area (Å²) in [6.45, 7) is 3.50. The lowest BCUT2D eigenvalue weighted by molar-refractivity contribution is 0.0830. The molecule has 1 heterocycles. The first-order valence-electron chi connectivity index (χ1n) is 8.94. The fourth-order valence-corrected chi connectivity index (χ4v) is 4.99. The van der Waals surface area contributed by atoms with Crippen LogP contribution in [0.1, 0.15) is 41.5 Å². The van der Waals surface area contributed by atoms with Crippen LogP contribution in [0.25, 0.3) is 0 Å². The second kappa shape index (κ2) is 5.89. The summed E-state index contributed by atoms with van der Waals surface area (Å²) >= 11 is 0. The van der Waals surface area contributed by atoms with Crippen LogP contribution in [0.5, 0.6) is 5.75 Å². The Morgan fingerprint density at radius 1 is 1.24 bits per heavy atom. The zero-order chi connectivity index (χ0) is 17.6. The Labute approximate surface area is 149 Å². The van der Waals surface area contributed by atoms with Gasteiger partial charge in [0.2, 0.25) is 0 Å². The fraction of sp³-hybridized carbons (Fsp3) is 0.409. The first-order valence-corrected chi connectivity index (χ1v) is 8.94. The average molecular weight is 332 g/mol. The van der Waals surface area contributed by atoms with E-state index in [1.54, 1.807) is 7.11 Å². The van der Waals surface area contributed by atoms with Gasteiger partial charge in [0.1, 0.15) is 5.75 Å². The topological polar surface area (TPSA) is 36.3 Å². The maximum atomic E-state index is 9.33. The summed E-state index contributed by atoms with van der Waals surface area (Å²) in [4.78, 5) is 2.50. The molecule has 1 fully saturated rings. The van der Waals surface area contributed by atoms with Crippen LogP contribution < -0.4 is 4.74 Å². The smallest absolute Gasteiger partial charge is 0.119 e. The normalized spacial score (nSPS) is 28.1. The molecule has 1 aliphatic heterocycles. The Kier molecular flexibility index (Phi) is 3.81. The molecule has 0 unspecified atom stereocenters. The van der Waals surface area contributed by atoms with E-state index in [2.05, 4.69) is 55.3 Å². The van der Waals surface area contributed by atoms with Crippen LogP contribution >= 0.6 is 0 Å². The van der Waals surface area contributed by atoms with E-state index in [0.717, 1.165) is 30.7 Å². The number of likely N-dealkylation sites (tertiary alicyclic amines) is 1. The van der Waals surface area contributed by atoms with Gasteiger partial charge in [-0.1, -0.05) is 25.1 Å². The van der Waals surface area contributed by atoms with Crippen molar-refractivity contribution in [2.45, 2.75) is 37.1 Å². The molecule has 0 N–H and O–H groups in total. The van der Waals surface area contributed by atoms with Gasteiger partial charge in [-0.05, 0) is 67.4 Å². The van der Waals surface area contributed by atoms with Gasteiger partial charge in [0.25, 0.3) is 0 Å². The largest absolute Gasteiger partial charge is 0.497 e. The molecule has 2 aliphatic rings. The number of hydrogen-bond acceptors (Lipinski definition) is 3. The average Bonchev–Trinajstić information content (AvgIpc) is 2.65. The van der Waals surface area contributed by atoms with Gasteiger partial charge in [0.05, 0.1) is 18.7 Å². The summed E-state index contributed by atoms with van der Waals surface area (Å²) < 4.78 is 5.51. The Bertz CT molecular complexity index is 853. The highest BCUT2D eigenvalue weighted by atomic mass is 16.5. The van der Waals surface area contributed by atoms with Crippen molar-refractivity contribution >= 4 is 0 Å². The van der Waals surface area contributed by atoms with Gasteiger partial charge >= 0.3 is 0 Å². The summed E-state index contributed by atoms with van der Waals surface area (Å²) in [6.07, 6.45) is 2.16. The number of hydrogen-bond donors (Lipinski definition) is 0. The van der Waals surface area contributed by atoms with Crippen molar-refractivity contribution in [3.63, 3.8) is 0 Å². The molecule has 25 heavy (non-hydrogen) atoms. The predicted octanol–water partition coefficient (Wildman–Crippen LogP) is 3.87. The summed E-state index contributed by atoms with van der Waals surface area (Å²) in [6, 6.07) is 17.5. The standard InChI is InChI=1S/C22H24N2O/c1-22-9-10-24(2)20(12-16-7-8-18(25-3)13-19(16)22)21(22)17-6-4-5-15(11-17)14-23/h4-8,11,13,20-21H,9-10,12H2,1-3H3/t20-,21+,22-/m1/s1. The molecule has 0 spiro atoms. The second-order valence-corrected chi connectivity index (χ2v) is 7.66. The quantitative estimate of drug-likeness (QED) is 0.837. The van der Waals surface area contributed by atoms with E-state index in [-0.39, 0.29) is 5.41 Å². The third-order valence-corrected chi connectivity index (χ3v) is 6.36. The molecule has 2 bridgehead atoms. The SMILES string of the molecule is COc1ccc2c(c1)[C@@]1(C)CCN(C)[C@H](C2)[C@@H]1c1cccc(C#N)c1. The number of benzene rings is 2. The second-order valence-electron chi connectivity index (χ2n) is 7.66. The molecule has 2 aromatic carbocycles. The van der Waals surface area contributed by atoms with E-state index < -0.39 is 0 Å². The minimum Gasteiger partial charge on any atom is -0.497 e. The molecule has 128 valence electrons. The van der Waals surface area contributed by atoms with Gasteiger partial charge in [-0.3, -0.25) is 0 Å². The highest BCUT2D eigenvalue weighted by Gasteiger charge is 2.50. The van der Waals surface area contributed by atoms with E-state index in [0.29, 0.717) is 12.0 Å². The van der Waals surface area contributed by atoms with Crippen LogP contribution in [0.4, 0.5) is 0 Å². The van der Waals surface area contributed by atoms with Crippen LogP contribution in [-0.2, 0) is 11.8 Å². The molecule has 1 saturated heterocycles. The third kappa shape index (κ3) is 2.44. The molecule has 3 atom stereocenters. The Morgan fingerprint density at radius 2 is 2.08 bits per heavy atom. The fourth-order valence-electron chi connectivity index (χ4n) is 4.99. The number of piperidine rings is 1. The molecule has 2 aromatic rings. The van der Waals surface area contributed by atoms with Crippen LogP contribution in [0.2, 0.25) is 0 Å². The van der Waals surface area contributed by atoms with Crippen LogP contribution in [0, 0.1) is 11.3 Å². The molecule has 4 rings (SSSR count). The first kappa shape index (κ1) is 16.2. The van der Waals surface area contributed by atoms with Crippen molar-refractivity contribution in [1.82, 2.24) is 4.90 Å². The summed E-state index contributed by atoms with van der Waals surface area (Å²) in [5, 5.41) is 9.33. The Hall–Kier alpha value is -2.31.